The summed E-state index contributed by atoms with van der Waals surface area (Å²) in [7, 11) is 0. The Morgan fingerprint density at radius 3 is 2.43 bits per heavy atom. The van der Waals surface area contributed by atoms with Crippen molar-refractivity contribution >= 4 is 39.3 Å². The number of anilines is 1. The van der Waals surface area contributed by atoms with Gasteiger partial charge in [0.1, 0.15) is 0 Å². The highest BCUT2D eigenvalue weighted by Crippen LogP contribution is 2.33. The number of H-pyrrole nitrogens is 1. The molecule has 3 aromatic heterocycles. The summed E-state index contributed by atoms with van der Waals surface area (Å²) in [4.78, 5) is 2.65. The summed E-state index contributed by atoms with van der Waals surface area (Å²) in [6, 6.07) is 15.0. The van der Waals surface area contributed by atoms with Crippen molar-refractivity contribution in [3.63, 3.8) is 0 Å². The summed E-state index contributed by atoms with van der Waals surface area (Å²) in [5.74, 6) is 0. The predicted octanol–water partition coefficient (Wildman–Crippen LogP) is 4.89. The molecule has 3 heterocycles. The zero-order chi connectivity index (χ0) is 14.1. The normalized spacial score (nSPS) is 11.3. The lowest BCUT2D eigenvalue weighted by Gasteiger charge is -2.17. The van der Waals surface area contributed by atoms with Crippen LogP contribution in [-0.4, -0.2) is 10.2 Å². The van der Waals surface area contributed by atoms with Gasteiger partial charge in [-0.3, -0.25) is 5.10 Å². The minimum atomic E-state index is 0.203. The number of hydrogen-bond acceptors (Lipinski definition) is 4. The standard InChI is InChI=1S/C16H13N3S2/c1-3-14(20-7-1)16(15-4-2-8-21-15)18-12-5-6-13-11(9-12)10-17-19-13/h1-10,16,18H,(H,17,19). The second-order valence-corrected chi connectivity index (χ2v) is 6.74. The van der Waals surface area contributed by atoms with Crippen LogP contribution in [0.4, 0.5) is 5.69 Å². The van der Waals surface area contributed by atoms with Gasteiger partial charge in [-0.25, -0.2) is 0 Å². The fraction of sp³-hybridized carbons (Fsp3) is 0.0625. The lowest BCUT2D eigenvalue weighted by atomic mass is 10.1. The molecule has 0 fully saturated rings. The molecule has 5 heteroatoms. The van der Waals surface area contributed by atoms with E-state index in [1.165, 1.54) is 9.75 Å². The quantitative estimate of drug-likeness (QED) is 0.563. The molecular weight excluding hydrogens is 298 g/mol. The molecule has 4 rings (SSSR count). The Kier molecular flexibility index (Phi) is 3.21. The number of hydrogen-bond donors (Lipinski definition) is 2. The van der Waals surface area contributed by atoms with Crippen molar-refractivity contribution in [1.29, 1.82) is 0 Å². The van der Waals surface area contributed by atoms with Crippen molar-refractivity contribution in [2.45, 2.75) is 6.04 Å². The van der Waals surface area contributed by atoms with E-state index in [2.05, 4.69) is 68.7 Å². The molecule has 1 aromatic carbocycles. The molecule has 4 aromatic rings. The first-order valence-electron chi connectivity index (χ1n) is 6.66. The molecule has 0 radical (unpaired) electrons. The molecular formula is C16H13N3S2. The van der Waals surface area contributed by atoms with Gasteiger partial charge in [0.25, 0.3) is 0 Å². The Labute approximate surface area is 130 Å². The van der Waals surface area contributed by atoms with Gasteiger partial charge in [-0.05, 0) is 41.1 Å². The molecule has 0 unspecified atom stereocenters. The van der Waals surface area contributed by atoms with Crippen molar-refractivity contribution in [1.82, 2.24) is 10.2 Å². The molecule has 0 saturated carbocycles. The zero-order valence-electron chi connectivity index (χ0n) is 11.1. The molecule has 3 nitrogen and oxygen atoms in total. The van der Waals surface area contributed by atoms with Crippen molar-refractivity contribution in [3.8, 4) is 0 Å². The summed E-state index contributed by atoms with van der Waals surface area (Å²) in [5, 5.41) is 16.1. The summed E-state index contributed by atoms with van der Waals surface area (Å²) in [6.07, 6.45) is 1.85. The highest BCUT2D eigenvalue weighted by atomic mass is 32.1. The van der Waals surface area contributed by atoms with E-state index in [1.807, 2.05) is 6.20 Å². The number of thiophene rings is 2. The molecule has 0 aliphatic rings. The van der Waals surface area contributed by atoms with E-state index >= 15 is 0 Å². The van der Waals surface area contributed by atoms with Gasteiger partial charge in [-0.15, -0.1) is 22.7 Å². The summed E-state index contributed by atoms with van der Waals surface area (Å²) >= 11 is 3.56. The second-order valence-electron chi connectivity index (χ2n) is 4.78. The van der Waals surface area contributed by atoms with E-state index in [0.29, 0.717) is 0 Å². The van der Waals surface area contributed by atoms with E-state index in [0.717, 1.165) is 16.6 Å². The first kappa shape index (κ1) is 12.6. The molecule has 21 heavy (non-hydrogen) atoms. The van der Waals surface area contributed by atoms with Crippen LogP contribution in [-0.2, 0) is 0 Å². The molecule has 0 saturated heterocycles. The van der Waals surface area contributed by atoms with Crippen LogP contribution in [0.1, 0.15) is 15.8 Å². The van der Waals surface area contributed by atoms with Crippen molar-refractivity contribution < 1.29 is 0 Å². The highest BCUT2D eigenvalue weighted by molar-refractivity contribution is 7.11. The highest BCUT2D eigenvalue weighted by Gasteiger charge is 2.16. The fourth-order valence-electron chi connectivity index (χ4n) is 2.39. The zero-order valence-corrected chi connectivity index (χ0v) is 12.7. The number of rotatable bonds is 4. The number of nitrogens with zero attached hydrogens (tertiary/aromatic N) is 1. The van der Waals surface area contributed by atoms with Crippen LogP contribution in [0.3, 0.4) is 0 Å². The van der Waals surface area contributed by atoms with Gasteiger partial charge in [0.2, 0.25) is 0 Å². The summed E-state index contributed by atoms with van der Waals surface area (Å²) < 4.78 is 0. The van der Waals surface area contributed by atoms with E-state index in [1.54, 1.807) is 22.7 Å². The third-order valence-corrected chi connectivity index (χ3v) is 5.28. The lowest BCUT2D eigenvalue weighted by Crippen LogP contribution is -2.09. The van der Waals surface area contributed by atoms with E-state index in [-0.39, 0.29) is 6.04 Å². The van der Waals surface area contributed by atoms with E-state index < -0.39 is 0 Å². The summed E-state index contributed by atoms with van der Waals surface area (Å²) in [5.41, 5.74) is 2.17. The van der Waals surface area contributed by atoms with Gasteiger partial charge < -0.3 is 5.32 Å². The van der Waals surface area contributed by atoms with Crippen LogP contribution in [0.25, 0.3) is 10.9 Å². The van der Waals surface area contributed by atoms with Crippen molar-refractivity contribution in [3.05, 3.63) is 69.2 Å². The van der Waals surface area contributed by atoms with Crippen LogP contribution in [0.2, 0.25) is 0 Å². The van der Waals surface area contributed by atoms with Crippen LogP contribution < -0.4 is 5.32 Å². The van der Waals surface area contributed by atoms with Gasteiger partial charge in [0.15, 0.2) is 0 Å². The predicted molar refractivity (Wildman–Crippen MR) is 90.2 cm³/mol. The van der Waals surface area contributed by atoms with E-state index in [4.69, 9.17) is 0 Å². The Morgan fingerprint density at radius 2 is 1.76 bits per heavy atom. The van der Waals surface area contributed by atoms with Gasteiger partial charge >= 0.3 is 0 Å². The molecule has 0 aliphatic heterocycles. The van der Waals surface area contributed by atoms with Crippen LogP contribution >= 0.6 is 22.7 Å². The van der Waals surface area contributed by atoms with Gasteiger partial charge in [-0.1, -0.05) is 12.1 Å². The van der Waals surface area contributed by atoms with Gasteiger partial charge in [0, 0.05) is 20.8 Å². The van der Waals surface area contributed by atoms with Gasteiger partial charge in [0.05, 0.1) is 17.8 Å². The molecule has 0 atom stereocenters. The number of aromatic amines is 1. The minimum Gasteiger partial charge on any atom is -0.373 e. The van der Waals surface area contributed by atoms with Crippen molar-refractivity contribution in [2.24, 2.45) is 0 Å². The molecule has 2 N–H and O–H groups in total. The SMILES string of the molecule is c1csc(C(Nc2ccc3[nH]ncc3c2)c2cccs2)c1. The third kappa shape index (κ3) is 2.46. The van der Waals surface area contributed by atoms with Crippen LogP contribution in [0.5, 0.6) is 0 Å². The Balaban J connectivity index is 1.71. The van der Waals surface area contributed by atoms with Gasteiger partial charge in [-0.2, -0.15) is 5.10 Å². The first-order chi connectivity index (χ1) is 10.4. The third-order valence-electron chi connectivity index (χ3n) is 3.41. The largest absolute Gasteiger partial charge is 0.373 e. The average Bonchev–Trinajstić information content (AvgIpc) is 3.24. The molecule has 0 spiro atoms. The monoisotopic (exact) mass is 311 g/mol. The Hall–Kier alpha value is -2.11. The molecule has 104 valence electrons. The maximum atomic E-state index is 4.07. The number of aromatic nitrogens is 2. The molecule has 0 amide bonds. The Morgan fingerprint density at radius 1 is 1.00 bits per heavy atom. The average molecular weight is 311 g/mol. The van der Waals surface area contributed by atoms with E-state index in [9.17, 15) is 0 Å². The summed E-state index contributed by atoms with van der Waals surface area (Å²) in [6.45, 7) is 0. The maximum Gasteiger partial charge on any atom is 0.0953 e. The topological polar surface area (TPSA) is 40.7 Å². The fourth-order valence-corrected chi connectivity index (χ4v) is 4.05. The number of benzene rings is 1. The van der Waals surface area contributed by atoms with Crippen LogP contribution in [0, 0.1) is 0 Å². The number of fused-ring (bicyclic) bond motifs is 1. The molecule has 0 aliphatic carbocycles. The Bertz CT molecular complexity index is 797. The maximum absolute atomic E-state index is 4.07. The van der Waals surface area contributed by atoms with Crippen molar-refractivity contribution in [2.75, 3.05) is 5.32 Å². The smallest absolute Gasteiger partial charge is 0.0953 e. The first-order valence-corrected chi connectivity index (χ1v) is 8.42. The minimum absolute atomic E-state index is 0.203. The lowest BCUT2D eigenvalue weighted by molar-refractivity contribution is 0.994. The molecule has 0 bridgehead atoms. The number of nitrogens with one attached hydrogen (secondary N) is 2. The second kappa shape index (κ2) is 5.35. The van der Waals surface area contributed by atoms with Crippen LogP contribution in [0.15, 0.2) is 59.4 Å².